The van der Waals surface area contributed by atoms with E-state index < -0.39 is 28.6 Å². The number of nitrogens with one attached hydrogen (secondary N) is 1. The molecule has 0 radical (unpaired) electrons. The van der Waals surface area contributed by atoms with Crippen molar-refractivity contribution in [2.45, 2.75) is 17.4 Å². The molecule has 0 unspecified atom stereocenters. The molecule has 1 aromatic rings. The van der Waals surface area contributed by atoms with Crippen molar-refractivity contribution in [3.05, 3.63) is 23.8 Å². The van der Waals surface area contributed by atoms with Crippen LogP contribution in [0.25, 0.3) is 0 Å². The van der Waals surface area contributed by atoms with E-state index in [1.165, 1.54) is 18.2 Å². The lowest BCUT2D eigenvalue weighted by molar-refractivity contribution is -0.139. The Bertz CT molecular complexity index is 597. The van der Waals surface area contributed by atoms with Gasteiger partial charge >= 0.3 is 5.97 Å². The third-order valence-corrected chi connectivity index (χ3v) is 4.22. The molecule has 7 nitrogen and oxygen atoms in total. The number of aliphatic hydroxyl groups is 1. The molecule has 0 aliphatic carbocycles. The van der Waals surface area contributed by atoms with Gasteiger partial charge < -0.3 is 14.9 Å². The SMILES string of the molecule is O=C(O)[C@@H](CO)NS(=O)(=O)c1ccc2c(c1)CCO2. The summed E-state index contributed by atoms with van der Waals surface area (Å²) in [6.07, 6.45) is 0.612. The van der Waals surface area contributed by atoms with E-state index in [0.717, 1.165) is 5.56 Å². The highest BCUT2D eigenvalue weighted by atomic mass is 32.2. The normalized spacial score (nSPS) is 15.6. The van der Waals surface area contributed by atoms with Crippen LogP contribution in [-0.2, 0) is 21.2 Å². The van der Waals surface area contributed by atoms with E-state index in [1.807, 2.05) is 4.72 Å². The van der Waals surface area contributed by atoms with Crippen molar-refractivity contribution in [1.82, 2.24) is 4.72 Å². The number of carboxylic acid groups (broad SMARTS) is 1. The molecule has 3 N–H and O–H groups in total. The smallest absolute Gasteiger partial charge is 0.324 e. The number of aliphatic hydroxyl groups excluding tert-OH is 1. The fourth-order valence-corrected chi connectivity index (χ4v) is 2.98. The summed E-state index contributed by atoms with van der Waals surface area (Å²) in [5.41, 5.74) is 0.763. The summed E-state index contributed by atoms with van der Waals surface area (Å²) in [7, 11) is -3.98. The molecule has 1 aromatic carbocycles. The van der Waals surface area contributed by atoms with Crippen molar-refractivity contribution in [2.24, 2.45) is 0 Å². The van der Waals surface area contributed by atoms with E-state index in [4.69, 9.17) is 14.9 Å². The molecule has 1 atom stereocenters. The Hall–Kier alpha value is -1.64. The molecule has 0 bridgehead atoms. The van der Waals surface area contributed by atoms with Gasteiger partial charge in [-0.2, -0.15) is 4.72 Å². The van der Waals surface area contributed by atoms with Crippen molar-refractivity contribution < 1.29 is 28.2 Å². The van der Waals surface area contributed by atoms with Gasteiger partial charge in [-0.05, 0) is 23.8 Å². The van der Waals surface area contributed by atoms with Gasteiger partial charge in [0, 0.05) is 6.42 Å². The Labute approximate surface area is 109 Å². The highest BCUT2D eigenvalue weighted by Crippen LogP contribution is 2.27. The van der Waals surface area contributed by atoms with E-state index >= 15 is 0 Å². The summed E-state index contributed by atoms with van der Waals surface area (Å²) in [4.78, 5) is 10.7. The number of carboxylic acids is 1. The lowest BCUT2D eigenvalue weighted by atomic mass is 10.2. The molecule has 1 aliphatic heterocycles. The van der Waals surface area contributed by atoms with Crippen LogP contribution in [-0.4, -0.2) is 43.9 Å². The van der Waals surface area contributed by atoms with Crippen LogP contribution in [0.5, 0.6) is 5.75 Å². The van der Waals surface area contributed by atoms with E-state index in [1.54, 1.807) is 0 Å². The standard InChI is InChI=1S/C11H13NO6S/c13-6-9(11(14)15)12-19(16,17)8-1-2-10-7(5-8)3-4-18-10/h1-2,5,9,12-13H,3-4,6H2,(H,14,15)/t9-/m1/s1. The quantitative estimate of drug-likeness (QED) is 0.663. The van der Waals surface area contributed by atoms with Crippen molar-refractivity contribution in [3.8, 4) is 5.75 Å². The van der Waals surface area contributed by atoms with Crippen molar-refractivity contribution in [3.63, 3.8) is 0 Å². The minimum atomic E-state index is -3.98. The molecule has 2 rings (SSSR count). The molecule has 0 saturated carbocycles. The second-order valence-corrected chi connectivity index (χ2v) is 5.78. The molecule has 19 heavy (non-hydrogen) atoms. The molecular weight excluding hydrogens is 274 g/mol. The maximum Gasteiger partial charge on any atom is 0.324 e. The van der Waals surface area contributed by atoms with Gasteiger partial charge in [0.1, 0.15) is 11.8 Å². The predicted octanol–water partition coefficient (Wildman–Crippen LogP) is -0.655. The first-order chi connectivity index (χ1) is 8.94. The number of aliphatic carboxylic acids is 1. The lowest BCUT2D eigenvalue weighted by Gasteiger charge is -2.12. The van der Waals surface area contributed by atoms with Gasteiger partial charge in [-0.3, -0.25) is 4.79 Å². The largest absolute Gasteiger partial charge is 0.493 e. The number of hydrogen-bond donors (Lipinski definition) is 3. The molecule has 104 valence electrons. The molecule has 0 saturated heterocycles. The van der Waals surface area contributed by atoms with Gasteiger partial charge in [-0.25, -0.2) is 8.42 Å². The van der Waals surface area contributed by atoms with Crippen LogP contribution in [0, 0.1) is 0 Å². The van der Waals surface area contributed by atoms with Crippen LogP contribution >= 0.6 is 0 Å². The zero-order valence-corrected chi connectivity index (χ0v) is 10.7. The van der Waals surface area contributed by atoms with E-state index in [9.17, 15) is 13.2 Å². The van der Waals surface area contributed by atoms with Crippen LogP contribution in [0.4, 0.5) is 0 Å². The van der Waals surface area contributed by atoms with Crippen LogP contribution in [0.3, 0.4) is 0 Å². The van der Waals surface area contributed by atoms with Gasteiger partial charge in [0.05, 0.1) is 18.1 Å². The second-order valence-electron chi connectivity index (χ2n) is 4.06. The van der Waals surface area contributed by atoms with E-state index in [2.05, 4.69) is 0 Å². The predicted molar refractivity (Wildman–Crippen MR) is 64.5 cm³/mol. The Kier molecular flexibility index (Phi) is 3.74. The minimum Gasteiger partial charge on any atom is -0.493 e. The molecule has 0 amide bonds. The fraction of sp³-hybridized carbons (Fsp3) is 0.364. The molecule has 1 heterocycles. The summed E-state index contributed by atoms with van der Waals surface area (Å²) >= 11 is 0. The summed E-state index contributed by atoms with van der Waals surface area (Å²) in [6.45, 7) is -0.316. The number of benzene rings is 1. The van der Waals surface area contributed by atoms with Gasteiger partial charge in [0.2, 0.25) is 10.0 Å². The third kappa shape index (κ3) is 2.86. The number of fused-ring (bicyclic) bond motifs is 1. The lowest BCUT2D eigenvalue weighted by Crippen LogP contribution is -2.43. The average molecular weight is 287 g/mol. The van der Waals surface area contributed by atoms with Crippen molar-refractivity contribution in [2.75, 3.05) is 13.2 Å². The minimum absolute atomic E-state index is 0.0450. The van der Waals surface area contributed by atoms with E-state index in [0.29, 0.717) is 18.8 Å². The topological polar surface area (TPSA) is 113 Å². The van der Waals surface area contributed by atoms with Gasteiger partial charge in [0.25, 0.3) is 0 Å². The maximum absolute atomic E-state index is 12.0. The number of sulfonamides is 1. The molecule has 8 heteroatoms. The van der Waals surface area contributed by atoms with E-state index in [-0.39, 0.29) is 4.90 Å². The highest BCUT2D eigenvalue weighted by Gasteiger charge is 2.26. The molecule has 1 aliphatic rings. The Morgan fingerprint density at radius 1 is 1.47 bits per heavy atom. The molecule has 0 spiro atoms. The molecule has 0 fully saturated rings. The Morgan fingerprint density at radius 3 is 2.84 bits per heavy atom. The molecular formula is C11H13NO6S. The number of carbonyl (C=O) groups is 1. The summed E-state index contributed by atoms with van der Waals surface area (Å²) < 4.78 is 31.1. The Balaban J connectivity index is 2.27. The first-order valence-electron chi connectivity index (χ1n) is 5.56. The van der Waals surface area contributed by atoms with Crippen LogP contribution < -0.4 is 9.46 Å². The van der Waals surface area contributed by atoms with Crippen molar-refractivity contribution in [1.29, 1.82) is 0 Å². The van der Waals surface area contributed by atoms with Crippen LogP contribution in [0.2, 0.25) is 0 Å². The van der Waals surface area contributed by atoms with Crippen LogP contribution in [0.1, 0.15) is 5.56 Å². The number of ether oxygens (including phenoxy) is 1. The number of hydrogen-bond acceptors (Lipinski definition) is 5. The van der Waals surface area contributed by atoms with Gasteiger partial charge in [0.15, 0.2) is 0 Å². The summed E-state index contributed by atoms with van der Waals surface area (Å²) in [5.74, 6) is -0.800. The number of rotatable bonds is 5. The molecule has 0 aromatic heterocycles. The Morgan fingerprint density at radius 2 is 2.21 bits per heavy atom. The fourth-order valence-electron chi connectivity index (χ4n) is 1.75. The first kappa shape index (κ1) is 13.8. The second kappa shape index (κ2) is 5.16. The average Bonchev–Trinajstić information content (AvgIpc) is 2.82. The third-order valence-electron chi connectivity index (χ3n) is 2.75. The van der Waals surface area contributed by atoms with Crippen LogP contribution in [0.15, 0.2) is 23.1 Å². The summed E-state index contributed by atoms with van der Waals surface area (Å²) in [6, 6.07) is 2.75. The maximum atomic E-state index is 12.0. The monoisotopic (exact) mass is 287 g/mol. The van der Waals surface area contributed by atoms with Crippen molar-refractivity contribution >= 4 is 16.0 Å². The zero-order valence-electron chi connectivity index (χ0n) is 9.87. The van der Waals surface area contributed by atoms with Gasteiger partial charge in [-0.1, -0.05) is 0 Å². The highest BCUT2D eigenvalue weighted by molar-refractivity contribution is 7.89. The zero-order chi connectivity index (χ0) is 14.0. The summed E-state index contributed by atoms with van der Waals surface area (Å²) in [5, 5.41) is 17.6. The first-order valence-corrected chi connectivity index (χ1v) is 7.04. The van der Waals surface area contributed by atoms with Gasteiger partial charge in [-0.15, -0.1) is 0 Å².